The van der Waals surface area contributed by atoms with E-state index in [9.17, 15) is 19.6 Å². The predicted molar refractivity (Wildman–Crippen MR) is 336 cm³/mol. The molecular weight excluding hydrogens is 1120 g/mol. The quantitative estimate of drug-likeness (QED) is 0.0419. The predicted octanol–water partition coefficient (Wildman–Crippen LogP) is 4.99. The summed E-state index contributed by atoms with van der Waals surface area (Å²) >= 11 is 0. The molecule has 24 heteroatoms. The number of esters is 1. The molecule has 460 valence electrons. The fraction of sp³-hybridized carbons (Fsp3) is 0.406. The number of hydrogen-bond donors (Lipinski definition) is 4. The number of ketones is 1. The van der Waals surface area contributed by atoms with Crippen LogP contribution < -0.4 is 27.2 Å². The van der Waals surface area contributed by atoms with Crippen LogP contribution in [0.3, 0.4) is 0 Å². The number of ether oxygens (including phenoxy) is 5. The second-order valence-electron chi connectivity index (χ2n) is 20.9. The standard InChI is InChI=1S/C31H34N8O3.C22H33N7O2.C11H9NO3/c32-22-23-6-8-24(9-7-23)26-31(40)39(13-12-38-16-20-42-21-17-38)30-27(34-26)29(33-10-11-37-14-18-41-19-15-37)35-28(36-30)25-4-2-1-3-5-25;23-19-21(24-6-8-28-10-14-30-15-11-28)26-20(18-4-2-1-3-5-18)27-22(19)25-7-9-29-12-16-31-17-13-29;1-2-15-11(14)10(13)9-5-3-8(7-12)4-6-9/h1-9H,10-21H2,(H,33,35,36);1-5H,6-17,23H2,(H2,24,25,26,27);3-6H,2H2,1H3. The first-order valence-electron chi connectivity index (χ1n) is 29.9. The summed E-state index contributed by atoms with van der Waals surface area (Å²) in [5.74, 6) is 1.57. The number of nitrogens with one attached hydrogen (secondary N) is 3. The number of fused-ring (bicyclic) bond motifs is 1. The van der Waals surface area contributed by atoms with Crippen LogP contribution in [0.4, 0.5) is 23.1 Å². The molecule has 0 radical (unpaired) electrons. The molecule has 7 aromatic rings. The van der Waals surface area contributed by atoms with E-state index >= 15 is 0 Å². The molecule has 3 aromatic heterocycles. The number of nitrogen functional groups attached to an aromatic ring is 1. The Balaban J connectivity index is 0.000000175. The summed E-state index contributed by atoms with van der Waals surface area (Å²) in [4.78, 5) is 70.1. The van der Waals surface area contributed by atoms with Crippen molar-refractivity contribution in [3.05, 3.63) is 136 Å². The first-order chi connectivity index (χ1) is 43.2. The number of aromatic nitrogens is 6. The highest BCUT2D eigenvalue weighted by molar-refractivity contribution is 6.40. The minimum Gasteiger partial charge on any atom is -0.460 e. The zero-order chi connectivity index (χ0) is 61.3. The van der Waals surface area contributed by atoms with E-state index in [1.807, 2.05) is 66.7 Å². The molecule has 0 aliphatic carbocycles. The molecule has 7 heterocycles. The highest BCUT2D eigenvalue weighted by Gasteiger charge is 2.23. The van der Waals surface area contributed by atoms with Gasteiger partial charge in [-0.25, -0.2) is 29.7 Å². The van der Waals surface area contributed by atoms with E-state index in [2.05, 4.69) is 46.4 Å². The zero-order valence-electron chi connectivity index (χ0n) is 49.8. The minimum atomic E-state index is -0.873. The molecule has 4 saturated heterocycles. The number of rotatable bonds is 21. The molecule has 4 aliphatic rings. The van der Waals surface area contributed by atoms with Crippen LogP contribution in [0.5, 0.6) is 0 Å². The normalized spacial score (nSPS) is 15.7. The van der Waals surface area contributed by atoms with Crippen molar-refractivity contribution in [3.8, 4) is 46.2 Å². The number of hydrogen-bond acceptors (Lipinski definition) is 23. The number of benzene rings is 4. The average Bonchev–Trinajstić information content (AvgIpc) is 1.04. The van der Waals surface area contributed by atoms with Gasteiger partial charge < -0.3 is 45.4 Å². The fourth-order valence-electron chi connectivity index (χ4n) is 10.1. The molecule has 4 fully saturated rings. The summed E-state index contributed by atoms with van der Waals surface area (Å²) in [6, 6.07) is 36.6. The third kappa shape index (κ3) is 18.1. The van der Waals surface area contributed by atoms with Crippen LogP contribution >= 0.6 is 0 Å². The van der Waals surface area contributed by atoms with Crippen LogP contribution in [-0.2, 0) is 35.0 Å². The van der Waals surface area contributed by atoms with E-state index in [4.69, 9.17) is 54.9 Å². The van der Waals surface area contributed by atoms with Gasteiger partial charge >= 0.3 is 5.97 Å². The molecule has 5 N–H and O–H groups in total. The lowest BCUT2D eigenvalue weighted by molar-refractivity contribution is -0.137. The molecule has 0 amide bonds. The maximum Gasteiger partial charge on any atom is 0.379 e. The molecule has 0 bridgehead atoms. The van der Waals surface area contributed by atoms with Crippen LogP contribution in [0, 0.1) is 22.7 Å². The number of anilines is 4. The Morgan fingerprint density at radius 1 is 0.523 bits per heavy atom. The van der Waals surface area contributed by atoms with Gasteiger partial charge in [-0.15, -0.1) is 0 Å². The van der Waals surface area contributed by atoms with Crippen molar-refractivity contribution in [1.82, 2.24) is 49.1 Å². The smallest absolute Gasteiger partial charge is 0.379 e. The maximum atomic E-state index is 14.1. The van der Waals surface area contributed by atoms with Crippen LogP contribution in [0.15, 0.2) is 114 Å². The van der Waals surface area contributed by atoms with Gasteiger partial charge in [0.25, 0.3) is 11.3 Å². The summed E-state index contributed by atoms with van der Waals surface area (Å²) in [7, 11) is 0. The van der Waals surface area contributed by atoms with Gasteiger partial charge in [0, 0.05) is 127 Å². The van der Waals surface area contributed by atoms with Crippen LogP contribution in [0.25, 0.3) is 45.2 Å². The maximum absolute atomic E-state index is 14.1. The van der Waals surface area contributed by atoms with E-state index in [1.165, 1.54) is 24.3 Å². The molecule has 0 saturated carbocycles. The highest BCUT2D eigenvalue weighted by atomic mass is 16.5. The van der Waals surface area contributed by atoms with Gasteiger partial charge in [0.1, 0.15) is 16.9 Å². The third-order valence-electron chi connectivity index (χ3n) is 15.0. The average molecular weight is 1200 g/mol. The monoisotopic (exact) mass is 1200 g/mol. The number of nitrogens with two attached hydrogens (primary N) is 1. The number of carbonyl (C=O) groups excluding carboxylic acids is 2. The van der Waals surface area contributed by atoms with E-state index < -0.39 is 11.8 Å². The second kappa shape index (κ2) is 33.3. The molecule has 0 unspecified atom stereocenters. The van der Waals surface area contributed by atoms with Crippen LogP contribution in [0.1, 0.15) is 28.4 Å². The summed E-state index contributed by atoms with van der Waals surface area (Å²) in [5.41, 5.74) is 11.8. The molecule has 11 rings (SSSR count). The number of nitrogens with zero attached hydrogens (tertiary/aromatic N) is 12. The Kier molecular flexibility index (Phi) is 24.1. The van der Waals surface area contributed by atoms with Crippen molar-refractivity contribution < 1.29 is 33.3 Å². The van der Waals surface area contributed by atoms with E-state index in [0.29, 0.717) is 101 Å². The lowest BCUT2D eigenvalue weighted by Crippen LogP contribution is -2.39. The number of morpholine rings is 4. The van der Waals surface area contributed by atoms with Crippen molar-refractivity contribution in [3.63, 3.8) is 0 Å². The molecule has 0 atom stereocenters. The van der Waals surface area contributed by atoms with Crippen molar-refractivity contribution in [2.45, 2.75) is 13.5 Å². The van der Waals surface area contributed by atoms with E-state index in [1.54, 1.807) is 35.8 Å². The molecule has 0 spiro atoms. The van der Waals surface area contributed by atoms with Crippen LogP contribution in [0.2, 0.25) is 0 Å². The largest absolute Gasteiger partial charge is 0.460 e. The summed E-state index contributed by atoms with van der Waals surface area (Å²) < 4.78 is 28.2. The van der Waals surface area contributed by atoms with Gasteiger partial charge in [-0.3, -0.25) is 33.8 Å². The Bertz CT molecular complexity index is 3460. The third-order valence-corrected chi connectivity index (χ3v) is 15.0. The summed E-state index contributed by atoms with van der Waals surface area (Å²) in [5, 5.41) is 28.2. The van der Waals surface area contributed by atoms with Crippen molar-refractivity contribution >= 4 is 46.1 Å². The number of carbonyl (C=O) groups is 2. The minimum absolute atomic E-state index is 0.168. The first-order valence-corrected chi connectivity index (χ1v) is 29.9. The van der Waals surface area contributed by atoms with E-state index in [-0.39, 0.29) is 17.7 Å². The Hall–Kier alpha value is -8.82. The number of nitriles is 2. The van der Waals surface area contributed by atoms with Crippen molar-refractivity contribution in [1.29, 1.82) is 10.5 Å². The molecule has 4 aliphatic heterocycles. The van der Waals surface area contributed by atoms with Gasteiger partial charge in [-0.1, -0.05) is 72.8 Å². The highest BCUT2D eigenvalue weighted by Crippen LogP contribution is 2.29. The Labute approximate surface area is 512 Å². The molecular formula is C64H76N16O8. The topological polar surface area (TPSA) is 289 Å². The lowest BCUT2D eigenvalue weighted by atomic mass is 10.1. The molecule has 4 aromatic carbocycles. The van der Waals surface area contributed by atoms with Gasteiger partial charge in [0.15, 0.2) is 34.7 Å². The first kappa shape index (κ1) is 63.7. The second-order valence-corrected chi connectivity index (χ2v) is 20.9. The van der Waals surface area contributed by atoms with Gasteiger partial charge in [0.05, 0.1) is 82.7 Å². The summed E-state index contributed by atoms with van der Waals surface area (Å²) in [6.07, 6.45) is 0. The number of Topliss-reactive ketones (excluding diaryl/α,β-unsaturated/α-hetero) is 1. The lowest BCUT2D eigenvalue weighted by Gasteiger charge is -2.27. The Morgan fingerprint density at radius 2 is 0.932 bits per heavy atom. The van der Waals surface area contributed by atoms with Crippen molar-refractivity contribution in [2.24, 2.45) is 0 Å². The SMILES string of the molecule is CCOC(=O)C(=O)c1ccc(C#N)cc1.N#Cc1ccc(-c2nc3c(NCCN4CCOCC4)nc(-c4ccccc4)nc3n(CCN3CCOCC3)c2=O)cc1.Nc1c(NCCN2CCOCC2)nc(-c2ccccc2)nc1NCCN1CCOCC1. The fourth-order valence-corrected chi connectivity index (χ4v) is 10.1. The van der Waals surface area contributed by atoms with Gasteiger partial charge in [0.2, 0.25) is 0 Å². The van der Waals surface area contributed by atoms with Gasteiger partial charge in [-0.05, 0) is 43.3 Å². The molecule has 88 heavy (non-hydrogen) atoms. The van der Waals surface area contributed by atoms with E-state index in [0.717, 1.165) is 136 Å². The Morgan fingerprint density at radius 3 is 1.38 bits per heavy atom. The van der Waals surface area contributed by atoms with Crippen molar-refractivity contribution in [2.75, 3.05) is 179 Å². The van der Waals surface area contributed by atoms with Gasteiger partial charge in [-0.2, -0.15) is 10.5 Å². The van der Waals surface area contributed by atoms with Crippen LogP contribution in [-0.4, -0.2) is 218 Å². The molecule has 24 nitrogen and oxygen atoms in total. The zero-order valence-corrected chi connectivity index (χ0v) is 49.8. The summed E-state index contributed by atoms with van der Waals surface area (Å²) in [6.45, 7) is 21.1.